The van der Waals surface area contributed by atoms with Gasteiger partial charge < -0.3 is 10.6 Å². The highest BCUT2D eigenvalue weighted by Crippen LogP contribution is 2.24. The number of hydrogen-bond donors (Lipinski definition) is 2. The first-order valence-corrected chi connectivity index (χ1v) is 8.60. The van der Waals surface area contributed by atoms with Gasteiger partial charge in [0, 0.05) is 11.8 Å². The van der Waals surface area contributed by atoms with Crippen LogP contribution in [0, 0.1) is 6.92 Å². The number of thiazole rings is 1. The number of aromatic nitrogens is 1. The number of nitrogens with zero attached hydrogens (tertiary/aromatic N) is 1. The minimum atomic E-state index is -0.312. The van der Waals surface area contributed by atoms with Gasteiger partial charge in [-0.1, -0.05) is 30.3 Å². The average Bonchev–Trinajstić information content (AvgIpc) is 2.98. The van der Waals surface area contributed by atoms with Gasteiger partial charge in [-0.3, -0.25) is 9.59 Å². The highest BCUT2D eigenvalue weighted by molar-refractivity contribution is 7.18. The topological polar surface area (TPSA) is 71.1 Å². The maximum absolute atomic E-state index is 12.0. The van der Waals surface area contributed by atoms with Gasteiger partial charge in [-0.15, -0.1) is 11.3 Å². The van der Waals surface area contributed by atoms with Gasteiger partial charge in [-0.25, -0.2) is 4.98 Å². The van der Waals surface area contributed by atoms with E-state index in [1.54, 1.807) is 23.5 Å². The largest absolute Gasteiger partial charge is 0.343 e. The van der Waals surface area contributed by atoms with Crippen LogP contribution in [0.3, 0.4) is 0 Å². The van der Waals surface area contributed by atoms with Gasteiger partial charge in [0.2, 0.25) is 11.8 Å². The summed E-state index contributed by atoms with van der Waals surface area (Å²) in [5.41, 5.74) is 2.53. The molecule has 2 aromatic carbocycles. The number of anilines is 1. The average molecular weight is 351 g/mol. The first-order valence-electron chi connectivity index (χ1n) is 7.78. The molecule has 126 valence electrons. The maximum atomic E-state index is 12.0. The van der Waals surface area contributed by atoms with Crippen molar-refractivity contribution in [3.05, 3.63) is 65.2 Å². The quantitative estimate of drug-likeness (QED) is 0.692. The van der Waals surface area contributed by atoms with E-state index in [9.17, 15) is 9.59 Å². The highest BCUT2D eigenvalue weighted by Gasteiger charge is 2.06. The molecule has 0 aliphatic rings. The molecule has 1 aromatic heterocycles. The van der Waals surface area contributed by atoms with Crippen molar-refractivity contribution in [1.29, 1.82) is 0 Å². The normalized spacial score (nSPS) is 10.9. The summed E-state index contributed by atoms with van der Waals surface area (Å²) in [6, 6.07) is 15.0. The summed E-state index contributed by atoms with van der Waals surface area (Å²) in [4.78, 5) is 28.1. The van der Waals surface area contributed by atoms with E-state index in [0.29, 0.717) is 5.69 Å². The van der Waals surface area contributed by atoms with Crippen molar-refractivity contribution in [1.82, 2.24) is 10.3 Å². The Balaban J connectivity index is 1.51. The van der Waals surface area contributed by atoms with Crippen LogP contribution in [0.4, 0.5) is 5.69 Å². The van der Waals surface area contributed by atoms with Crippen LogP contribution in [-0.4, -0.2) is 23.3 Å². The molecule has 0 saturated carbocycles. The predicted molar refractivity (Wildman–Crippen MR) is 101 cm³/mol. The van der Waals surface area contributed by atoms with Crippen LogP contribution < -0.4 is 10.6 Å². The van der Waals surface area contributed by atoms with Crippen LogP contribution in [0.1, 0.15) is 10.6 Å². The molecule has 0 bridgehead atoms. The number of rotatable bonds is 5. The molecule has 2 N–H and O–H groups in total. The third-order valence-corrected chi connectivity index (χ3v) is 4.36. The van der Waals surface area contributed by atoms with E-state index in [1.165, 1.54) is 6.08 Å². The molecule has 3 aromatic rings. The first-order chi connectivity index (χ1) is 12.1. The van der Waals surface area contributed by atoms with Crippen molar-refractivity contribution in [3.8, 4) is 0 Å². The molecule has 25 heavy (non-hydrogen) atoms. The lowest BCUT2D eigenvalue weighted by Crippen LogP contribution is -2.31. The Hall–Kier alpha value is -2.99. The lowest BCUT2D eigenvalue weighted by molar-refractivity contribution is -0.121. The maximum Gasteiger partial charge on any atom is 0.244 e. The van der Waals surface area contributed by atoms with Crippen molar-refractivity contribution < 1.29 is 9.59 Å². The molecule has 0 aliphatic heterocycles. The second-order valence-electron chi connectivity index (χ2n) is 5.43. The molecule has 5 nitrogen and oxygen atoms in total. The molecule has 6 heteroatoms. The Labute approximate surface area is 149 Å². The van der Waals surface area contributed by atoms with E-state index in [2.05, 4.69) is 15.6 Å². The Morgan fingerprint density at radius 1 is 1.16 bits per heavy atom. The fraction of sp³-hybridized carbons (Fsp3) is 0.105. The van der Waals surface area contributed by atoms with E-state index < -0.39 is 0 Å². The molecule has 3 rings (SSSR count). The van der Waals surface area contributed by atoms with Crippen LogP contribution >= 0.6 is 11.3 Å². The summed E-state index contributed by atoms with van der Waals surface area (Å²) >= 11 is 1.57. The summed E-state index contributed by atoms with van der Waals surface area (Å²) in [6.45, 7) is 1.86. The Morgan fingerprint density at radius 2 is 1.96 bits per heavy atom. The third kappa shape index (κ3) is 4.74. The molecule has 1 heterocycles. The van der Waals surface area contributed by atoms with Gasteiger partial charge in [0.15, 0.2) is 0 Å². The SMILES string of the molecule is Cc1nc2ccc(NC(=O)CNC(=O)C=Cc3ccccc3)cc2s1. The summed E-state index contributed by atoms with van der Waals surface area (Å²) in [5.74, 6) is -0.588. The number of carbonyl (C=O) groups excluding carboxylic acids is 2. The zero-order valence-corrected chi connectivity index (χ0v) is 14.5. The summed E-state index contributed by atoms with van der Waals surface area (Å²) in [7, 11) is 0. The molecular formula is C19H17N3O2S. The van der Waals surface area contributed by atoms with E-state index in [1.807, 2.05) is 49.4 Å². The first kappa shape index (κ1) is 16.9. The fourth-order valence-corrected chi connectivity index (χ4v) is 3.15. The monoisotopic (exact) mass is 351 g/mol. The van der Waals surface area contributed by atoms with Crippen LogP contribution in [0.2, 0.25) is 0 Å². The second kappa shape index (κ2) is 7.72. The van der Waals surface area contributed by atoms with Gasteiger partial charge in [0.1, 0.15) is 0 Å². The zero-order chi connectivity index (χ0) is 17.6. The Morgan fingerprint density at radius 3 is 2.76 bits per heavy atom. The molecule has 2 amide bonds. The van der Waals surface area contributed by atoms with Gasteiger partial charge >= 0.3 is 0 Å². The number of aryl methyl sites for hydroxylation is 1. The number of amides is 2. The number of fused-ring (bicyclic) bond motifs is 1. The van der Waals surface area contributed by atoms with Crippen LogP contribution in [0.15, 0.2) is 54.6 Å². The van der Waals surface area contributed by atoms with Crippen molar-refractivity contribution in [2.75, 3.05) is 11.9 Å². The standard InChI is InChI=1S/C19H17N3O2S/c1-13-21-16-9-8-15(11-17(16)25-13)22-19(24)12-20-18(23)10-7-14-5-3-2-4-6-14/h2-11H,12H2,1H3,(H,20,23)(H,22,24). The molecule has 0 atom stereocenters. The predicted octanol–water partition coefficient (Wildman–Crippen LogP) is 3.37. The lowest BCUT2D eigenvalue weighted by Gasteiger charge is -2.05. The van der Waals surface area contributed by atoms with E-state index in [-0.39, 0.29) is 18.4 Å². The number of benzene rings is 2. The molecule has 0 unspecified atom stereocenters. The summed E-state index contributed by atoms with van der Waals surface area (Å²) in [6.07, 6.45) is 3.11. The third-order valence-electron chi connectivity index (χ3n) is 3.43. The Kier molecular flexibility index (Phi) is 5.20. The number of carbonyl (C=O) groups is 2. The van der Waals surface area contributed by atoms with Crippen molar-refractivity contribution >= 4 is 45.1 Å². The summed E-state index contributed by atoms with van der Waals surface area (Å²) < 4.78 is 1.02. The number of hydrogen-bond acceptors (Lipinski definition) is 4. The van der Waals surface area contributed by atoms with Gasteiger partial charge in [0.25, 0.3) is 0 Å². The molecular weight excluding hydrogens is 334 g/mol. The van der Waals surface area contributed by atoms with E-state index in [4.69, 9.17) is 0 Å². The fourth-order valence-electron chi connectivity index (χ4n) is 2.29. The van der Waals surface area contributed by atoms with Crippen LogP contribution in [0.25, 0.3) is 16.3 Å². The smallest absolute Gasteiger partial charge is 0.244 e. The second-order valence-corrected chi connectivity index (χ2v) is 6.66. The Bertz CT molecular complexity index is 932. The van der Waals surface area contributed by atoms with Crippen LogP contribution in [0.5, 0.6) is 0 Å². The highest BCUT2D eigenvalue weighted by atomic mass is 32.1. The number of nitrogens with one attached hydrogen (secondary N) is 2. The minimum Gasteiger partial charge on any atom is -0.343 e. The van der Waals surface area contributed by atoms with Gasteiger partial charge in [0.05, 0.1) is 21.8 Å². The molecule has 0 fully saturated rings. The molecule has 0 saturated heterocycles. The minimum absolute atomic E-state index is 0.0856. The lowest BCUT2D eigenvalue weighted by atomic mass is 10.2. The van der Waals surface area contributed by atoms with Crippen molar-refractivity contribution in [2.24, 2.45) is 0 Å². The molecule has 0 radical (unpaired) electrons. The summed E-state index contributed by atoms with van der Waals surface area (Å²) in [5, 5.41) is 6.32. The van der Waals surface area contributed by atoms with E-state index in [0.717, 1.165) is 20.8 Å². The molecule has 0 aliphatic carbocycles. The van der Waals surface area contributed by atoms with Crippen molar-refractivity contribution in [2.45, 2.75) is 6.92 Å². The van der Waals surface area contributed by atoms with Crippen LogP contribution in [-0.2, 0) is 9.59 Å². The van der Waals surface area contributed by atoms with Crippen molar-refractivity contribution in [3.63, 3.8) is 0 Å². The zero-order valence-electron chi connectivity index (χ0n) is 13.7. The van der Waals surface area contributed by atoms with Gasteiger partial charge in [-0.05, 0) is 36.8 Å². The van der Waals surface area contributed by atoms with E-state index >= 15 is 0 Å². The van der Waals surface area contributed by atoms with Gasteiger partial charge in [-0.2, -0.15) is 0 Å². The molecule has 0 spiro atoms.